The maximum Gasteiger partial charge on any atom is 0.239 e. The van der Waals surface area contributed by atoms with Crippen LogP contribution in [0.5, 0.6) is 0 Å². The van der Waals surface area contributed by atoms with Crippen molar-refractivity contribution in [2.45, 2.75) is 38.1 Å². The van der Waals surface area contributed by atoms with E-state index >= 15 is 0 Å². The van der Waals surface area contributed by atoms with Crippen molar-refractivity contribution < 1.29 is 9.59 Å². The van der Waals surface area contributed by atoms with E-state index in [9.17, 15) is 9.59 Å². The number of likely N-dealkylation sites (tertiary alicyclic amines) is 2. The molecular formula is C23H34N4O2. The molecule has 0 aromatic heterocycles. The normalized spacial score (nSPS) is 25.0. The van der Waals surface area contributed by atoms with Gasteiger partial charge in [0.25, 0.3) is 0 Å². The Labute approximate surface area is 174 Å². The predicted octanol–water partition coefficient (Wildman–Crippen LogP) is 1.36. The Bertz CT molecular complexity index is 687. The zero-order valence-corrected chi connectivity index (χ0v) is 17.4. The van der Waals surface area contributed by atoms with E-state index < -0.39 is 0 Å². The average Bonchev–Trinajstić information content (AvgIpc) is 2.78. The predicted molar refractivity (Wildman–Crippen MR) is 113 cm³/mol. The molecule has 0 radical (unpaired) electrons. The van der Waals surface area contributed by atoms with Gasteiger partial charge in [-0.1, -0.05) is 30.3 Å². The van der Waals surface area contributed by atoms with Crippen molar-refractivity contribution in [3.8, 4) is 0 Å². The minimum Gasteiger partial charge on any atom is -0.353 e. The Morgan fingerprint density at radius 3 is 2.59 bits per heavy atom. The largest absolute Gasteiger partial charge is 0.353 e. The molecule has 0 unspecified atom stereocenters. The summed E-state index contributed by atoms with van der Waals surface area (Å²) in [7, 11) is 0. The smallest absolute Gasteiger partial charge is 0.239 e. The SMILES string of the molecule is O=C1CN(C(=O)[C@H]2CCCN(C3CCN(CCc4ccccc4)CC3)C2)CCN1. The maximum atomic E-state index is 12.9. The van der Waals surface area contributed by atoms with Gasteiger partial charge in [0.05, 0.1) is 12.5 Å². The van der Waals surface area contributed by atoms with Crippen LogP contribution in [0.15, 0.2) is 30.3 Å². The molecule has 3 fully saturated rings. The second-order valence-electron chi connectivity index (χ2n) is 8.75. The molecule has 1 N–H and O–H groups in total. The summed E-state index contributed by atoms with van der Waals surface area (Å²) >= 11 is 0. The number of benzene rings is 1. The van der Waals surface area contributed by atoms with Crippen LogP contribution in [0.3, 0.4) is 0 Å². The van der Waals surface area contributed by atoms with E-state index in [0.29, 0.717) is 19.1 Å². The third-order valence-electron chi connectivity index (χ3n) is 6.79. The number of hydrogen-bond acceptors (Lipinski definition) is 4. The monoisotopic (exact) mass is 398 g/mol. The topological polar surface area (TPSA) is 55.9 Å². The highest BCUT2D eigenvalue weighted by atomic mass is 16.2. The summed E-state index contributed by atoms with van der Waals surface area (Å²) in [6.45, 7) is 6.88. The van der Waals surface area contributed by atoms with Crippen molar-refractivity contribution in [3.05, 3.63) is 35.9 Å². The van der Waals surface area contributed by atoms with Gasteiger partial charge in [0.2, 0.25) is 11.8 Å². The summed E-state index contributed by atoms with van der Waals surface area (Å²) in [6.07, 6.45) is 5.56. The zero-order valence-electron chi connectivity index (χ0n) is 17.4. The molecule has 6 heteroatoms. The highest BCUT2D eigenvalue weighted by Gasteiger charge is 2.34. The molecule has 3 aliphatic rings. The Morgan fingerprint density at radius 1 is 1.03 bits per heavy atom. The fourth-order valence-electron chi connectivity index (χ4n) is 5.06. The fourth-order valence-corrected chi connectivity index (χ4v) is 5.06. The number of amides is 2. The number of hydrogen-bond donors (Lipinski definition) is 1. The molecule has 158 valence electrons. The van der Waals surface area contributed by atoms with Crippen molar-refractivity contribution >= 4 is 11.8 Å². The first-order valence-corrected chi connectivity index (χ1v) is 11.2. The van der Waals surface area contributed by atoms with Crippen LogP contribution >= 0.6 is 0 Å². The molecular weight excluding hydrogens is 364 g/mol. The van der Waals surface area contributed by atoms with Crippen molar-refractivity contribution in [1.29, 1.82) is 0 Å². The van der Waals surface area contributed by atoms with E-state index in [1.165, 1.54) is 18.4 Å². The summed E-state index contributed by atoms with van der Waals surface area (Å²) in [5, 5.41) is 2.81. The lowest BCUT2D eigenvalue weighted by molar-refractivity contribution is -0.143. The molecule has 2 amide bonds. The lowest BCUT2D eigenvalue weighted by Gasteiger charge is -2.43. The third-order valence-corrected chi connectivity index (χ3v) is 6.79. The summed E-state index contributed by atoms with van der Waals surface area (Å²) in [5.41, 5.74) is 1.42. The molecule has 29 heavy (non-hydrogen) atoms. The number of nitrogens with zero attached hydrogens (tertiary/aromatic N) is 3. The lowest BCUT2D eigenvalue weighted by Crippen LogP contribution is -2.55. The second kappa shape index (κ2) is 9.72. The number of carbonyl (C=O) groups is 2. The minimum atomic E-state index is -0.0276. The number of carbonyl (C=O) groups excluding carboxylic acids is 2. The van der Waals surface area contributed by atoms with Gasteiger partial charge in [-0.2, -0.15) is 0 Å². The average molecular weight is 399 g/mol. The quantitative estimate of drug-likeness (QED) is 0.814. The first-order valence-electron chi connectivity index (χ1n) is 11.2. The van der Waals surface area contributed by atoms with Gasteiger partial charge in [-0.15, -0.1) is 0 Å². The molecule has 0 aliphatic carbocycles. The van der Waals surface area contributed by atoms with E-state index in [1.54, 1.807) is 4.90 Å². The fraction of sp³-hybridized carbons (Fsp3) is 0.652. The molecule has 3 saturated heterocycles. The molecule has 1 aromatic carbocycles. The van der Waals surface area contributed by atoms with Gasteiger partial charge >= 0.3 is 0 Å². The second-order valence-corrected chi connectivity index (χ2v) is 8.75. The molecule has 0 saturated carbocycles. The van der Waals surface area contributed by atoms with Gasteiger partial charge in [0.15, 0.2) is 0 Å². The number of piperazine rings is 1. The van der Waals surface area contributed by atoms with Gasteiger partial charge in [-0.25, -0.2) is 0 Å². The van der Waals surface area contributed by atoms with Crippen LogP contribution in [0.1, 0.15) is 31.2 Å². The van der Waals surface area contributed by atoms with E-state index in [4.69, 9.17) is 0 Å². The molecule has 3 heterocycles. The molecule has 1 aromatic rings. The number of nitrogens with one attached hydrogen (secondary N) is 1. The van der Waals surface area contributed by atoms with Crippen LogP contribution in [-0.2, 0) is 16.0 Å². The third kappa shape index (κ3) is 5.37. The van der Waals surface area contributed by atoms with E-state index in [1.807, 2.05) is 0 Å². The van der Waals surface area contributed by atoms with Gasteiger partial charge in [-0.05, 0) is 57.3 Å². The van der Waals surface area contributed by atoms with Crippen LogP contribution < -0.4 is 5.32 Å². The Hall–Kier alpha value is -1.92. The Morgan fingerprint density at radius 2 is 1.83 bits per heavy atom. The lowest BCUT2D eigenvalue weighted by atomic mass is 9.92. The Balaban J connectivity index is 1.23. The van der Waals surface area contributed by atoms with E-state index in [0.717, 1.165) is 52.0 Å². The van der Waals surface area contributed by atoms with Gasteiger partial charge in [-0.3, -0.25) is 14.5 Å². The van der Waals surface area contributed by atoms with Gasteiger partial charge in [0.1, 0.15) is 0 Å². The van der Waals surface area contributed by atoms with Crippen molar-refractivity contribution in [2.75, 3.05) is 52.4 Å². The van der Waals surface area contributed by atoms with Crippen LogP contribution in [0.2, 0.25) is 0 Å². The van der Waals surface area contributed by atoms with Crippen LogP contribution in [0.25, 0.3) is 0 Å². The zero-order chi connectivity index (χ0) is 20.1. The summed E-state index contributed by atoms with van der Waals surface area (Å²) < 4.78 is 0. The minimum absolute atomic E-state index is 0.0276. The highest BCUT2D eigenvalue weighted by Crippen LogP contribution is 2.25. The van der Waals surface area contributed by atoms with Crippen LogP contribution in [-0.4, -0.2) is 84.9 Å². The van der Waals surface area contributed by atoms with Crippen LogP contribution in [0, 0.1) is 5.92 Å². The van der Waals surface area contributed by atoms with E-state index in [2.05, 4.69) is 45.4 Å². The molecule has 4 rings (SSSR count). The molecule has 1 atom stereocenters. The first-order chi connectivity index (χ1) is 14.2. The first kappa shape index (κ1) is 20.4. The van der Waals surface area contributed by atoms with Crippen molar-refractivity contribution in [2.24, 2.45) is 5.92 Å². The standard InChI is InChI=1S/C23H34N4O2/c28-22-18-27(16-11-24-22)23(29)20-7-4-12-26(17-20)21-9-14-25(15-10-21)13-8-19-5-2-1-3-6-19/h1-3,5-6,20-21H,4,7-18H2,(H,24,28)/t20-/m0/s1. The van der Waals surface area contributed by atoms with Crippen molar-refractivity contribution in [3.63, 3.8) is 0 Å². The summed E-state index contributed by atoms with van der Waals surface area (Å²) in [5.74, 6) is 0.218. The van der Waals surface area contributed by atoms with E-state index in [-0.39, 0.29) is 24.3 Å². The molecule has 3 aliphatic heterocycles. The maximum absolute atomic E-state index is 12.9. The molecule has 0 bridgehead atoms. The molecule has 6 nitrogen and oxygen atoms in total. The van der Waals surface area contributed by atoms with Gasteiger partial charge < -0.3 is 15.1 Å². The summed E-state index contributed by atoms with van der Waals surface area (Å²) in [6, 6.07) is 11.3. The van der Waals surface area contributed by atoms with Crippen molar-refractivity contribution in [1.82, 2.24) is 20.0 Å². The Kier molecular flexibility index (Phi) is 6.82. The van der Waals surface area contributed by atoms with Crippen LogP contribution in [0.4, 0.5) is 0 Å². The summed E-state index contributed by atoms with van der Waals surface area (Å²) in [4.78, 5) is 31.4. The molecule has 0 spiro atoms. The number of rotatable bonds is 5. The van der Waals surface area contributed by atoms with Gasteiger partial charge in [0, 0.05) is 32.2 Å². The number of piperidine rings is 2. The highest BCUT2D eigenvalue weighted by molar-refractivity contribution is 5.87.